The zero-order valence-corrected chi connectivity index (χ0v) is 10.6. The molecule has 0 radical (unpaired) electrons. The van der Waals surface area contributed by atoms with Gasteiger partial charge in [0.15, 0.2) is 0 Å². The molecule has 17 heavy (non-hydrogen) atoms. The van der Waals surface area contributed by atoms with Crippen LogP contribution in [0, 0.1) is 0 Å². The number of aromatic nitrogens is 1. The number of nitrogens with zero attached hydrogens (tertiary/aromatic N) is 1. The molecule has 1 aromatic carbocycles. The lowest BCUT2D eigenvalue weighted by molar-refractivity contribution is 0.289. The van der Waals surface area contributed by atoms with E-state index in [1.54, 1.807) is 18.0 Å². The van der Waals surface area contributed by atoms with Crippen LogP contribution in [0.25, 0.3) is 10.9 Å². The summed E-state index contributed by atoms with van der Waals surface area (Å²) in [7, 11) is 0. The number of hydrogen-bond acceptors (Lipinski definition) is 4. The predicted molar refractivity (Wildman–Crippen MR) is 73.2 cm³/mol. The van der Waals surface area contributed by atoms with Crippen LogP contribution >= 0.6 is 11.8 Å². The number of nitrogen functional groups attached to an aromatic ring is 1. The van der Waals surface area contributed by atoms with E-state index in [1.807, 2.05) is 24.3 Å². The van der Waals surface area contributed by atoms with Gasteiger partial charge in [0.2, 0.25) is 0 Å². The summed E-state index contributed by atoms with van der Waals surface area (Å²) in [5.41, 5.74) is 7.63. The summed E-state index contributed by atoms with van der Waals surface area (Å²) in [6, 6.07) is 7.80. The summed E-state index contributed by atoms with van der Waals surface area (Å²) in [6.45, 7) is 2.32. The molecule has 0 spiro atoms. The number of benzene rings is 1. The van der Waals surface area contributed by atoms with Crippen molar-refractivity contribution in [2.45, 2.75) is 23.5 Å². The molecule has 0 bridgehead atoms. The maximum atomic E-state index is 8.92. The van der Waals surface area contributed by atoms with Crippen LogP contribution in [0.2, 0.25) is 0 Å². The number of fused-ring (bicyclic) bond motifs is 1. The molecule has 1 heterocycles. The summed E-state index contributed by atoms with van der Waals surface area (Å²) < 4.78 is 0. The summed E-state index contributed by atoms with van der Waals surface area (Å²) >= 11 is 1.73. The topological polar surface area (TPSA) is 59.1 Å². The van der Waals surface area contributed by atoms with Crippen molar-refractivity contribution in [3.05, 3.63) is 30.5 Å². The van der Waals surface area contributed by atoms with E-state index in [9.17, 15) is 0 Å². The van der Waals surface area contributed by atoms with Gasteiger partial charge in [-0.25, -0.2) is 0 Å². The minimum absolute atomic E-state index is 0.217. The maximum absolute atomic E-state index is 8.92. The van der Waals surface area contributed by atoms with Gasteiger partial charge in [0.1, 0.15) is 0 Å². The molecule has 2 rings (SSSR count). The number of anilines is 1. The van der Waals surface area contributed by atoms with Crippen LogP contribution in [-0.4, -0.2) is 21.9 Å². The molecular formula is C13H16N2OS. The zero-order valence-electron chi connectivity index (χ0n) is 9.76. The molecule has 0 aliphatic rings. The molecule has 0 aliphatic heterocycles. The third-order valence-corrected chi connectivity index (χ3v) is 3.85. The molecule has 0 saturated carbocycles. The van der Waals surface area contributed by atoms with Crippen LogP contribution in [0.5, 0.6) is 0 Å². The second kappa shape index (κ2) is 5.38. The first kappa shape index (κ1) is 12.2. The predicted octanol–water partition coefficient (Wildman–Crippen LogP) is 2.68. The highest BCUT2D eigenvalue weighted by atomic mass is 32.2. The average molecular weight is 248 g/mol. The van der Waals surface area contributed by atoms with E-state index >= 15 is 0 Å². The summed E-state index contributed by atoms with van der Waals surface area (Å²) in [5, 5.41) is 10.3. The van der Waals surface area contributed by atoms with E-state index in [2.05, 4.69) is 11.9 Å². The Morgan fingerprint density at radius 3 is 3.00 bits per heavy atom. The van der Waals surface area contributed by atoms with E-state index in [4.69, 9.17) is 10.8 Å². The average Bonchev–Trinajstić information content (AvgIpc) is 2.34. The molecule has 90 valence electrons. The van der Waals surface area contributed by atoms with Gasteiger partial charge in [-0.2, -0.15) is 0 Å². The van der Waals surface area contributed by atoms with Gasteiger partial charge in [0.25, 0.3) is 0 Å². The standard InChI is InChI=1S/C13H16N2OS/c1-9(6-8-16)17-12-5-4-11(14)10-3-2-7-15-13(10)12/h2-5,7,9,16H,6,8,14H2,1H3. The van der Waals surface area contributed by atoms with E-state index < -0.39 is 0 Å². The number of thioether (sulfide) groups is 1. The highest BCUT2D eigenvalue weighted by Gasteiger charge is 2.09. The van der Waals surface area contributed by atoms with Gasteiger partial charge >= 0.3 is 0 Å². The lowest BCUT2D eigenvalue weighted by Gasteiger charge is -2.12. The fourth-order valence-corrected chi connectivity index (χ4v) is 2.80. The Hall–Kier alpha value is -1.26. The first-order valence-electron chi connectivity index (χ1n) is 5.63. The van der Waals surface area contributed by atoms with Crippen molar-refractivity contribution in [3.8, 4) is 0 Å². The Morgan fingerprint density at radius 2 is 2.24 bits per heavy atom. The minimum atomic E-state index is 0.217. The highest BCUT2D eigenvalue weighted by Crippen LogP contribution is 2.32. The Morgan fingerprint density at radius 1 is 1.41 bits per heavy atom. The normalized spacial score (nSPS) is 12.8. The Balaban J connectivity index is 2.38. The quantitative estimate of drug-likeness (QED) is 0.645. The molecule has 3 nitrogen and oxygen atoms in total. The zero-order chi connectivity index (χ0) is 12.3. The Bertz CT molecular complexity index is 516. The van der Waals surface area contributed by atoms with Crippen LogP contribution in [0.15, 0.2) is 35.4 Å². The second-order valence-electron chi connectivity index (χ2n) is 3.99. The largest absolute Gasteiger partial charge is 0.398 e. The SMILES string of the molecule is CC(CCO)Sc1ccc(N)c2cccnc12. The highest BCUT2D eigenvalue weighted by molar-refractivity contribution is 8.00. The maximum Gasteiger partial charge on any atom is 0.0858 e. The Kier molecular flexibility index (Phi) is 3.86. The first-order chi connectivity index (χ1) is 8.22. The van der Waals surface area contributed by atoms with Crippen molar-refractivity contribution < 1.29 is 5.11 Å². The van der Waals surface area contributed by atoms with Crippen molar-refractivity contribution in [1.82, 2.24) is 4.98 Å². The minimum Gasteiger partial charge on any atom is -0.398 e. The summed E-state index contributed by atoms with van der Waals surface area (Å²) in [5.74, 6) is 0. The Labute approximate surface area is 105 Å². The molecule has 0 saturated heterocycles. The number of aliphatic hydroxyl groups is 1. The van der Waals surface area contributed by atoms with Crippen molar-refractivity contribution in [3.63, 3.8) is 0 Å². The van der Waals surface area contributed by atoms with Crippen molar-refractivity contribution >= 4 is 28.4 Å². The first-order valence-corrected chi connectivity index (χ1v) is 6.51. The molecule has 4 heteroatoms. The van der Waals surface area contributed by atoms with Gasteiger partial charge < -0.3 is 10.8 Å². The van der Waals surface area contributed by atoms with E-state index in [1.165, 1.54) is 0 Å². The number of aliphatic hydroxyl groups excluding tert-OH is 1. The molecular weight excluding hydrogens is 232 g/mol. The van der Waals surface area contributed by atoms with Gasteiger partial charge in [0, 0.05) is 34.0 Å². The van der Waals surface area contributed by atoms with E-state index in [-0.39, 0.29) is 6.61 Å². The van der Waals surface area contributed by atoms with Crippen LogP contribution in [0.3, 0.4) is 0 Å². The number of nitrogens with two attached hydrogens (primary N) is 1. The molecule has 3 N–H and O–H groups in total. The van der Waals surface area contributed by atoms with Gasteiger partial charge in [-0.3, -0.25) is 4.98 Å². The second-order valence-corrected chi connectivity index (χ2v) is 5.47. The molecule has 0 aliphatic carbocycles. The third-order valence-electron chi connectivity index (χ3n) is 2.63. The van der Waals surface area contributed by atoms with Crippen LogP contribution in [0.4, 0.5) is 5.69 Å². The molecule has 0 amide bonds. The number of pyridine rings is 1. The van der Waals surface area contributed by atoms with Gasteiger partial charge in [-0.1, -0.05) is 6.92 Å². The van der Waals surface area contributed by atoms with E-state index in [0.29, 0.717) is 5.25 Å². The fourth-order valence-electron chi connectivity index (χ4n) is 1.72. The van der Waals surface area contributed by atoms with Gasteiger partial charge in [0.05, 0.1) is 5.52 Å². The van der Waals surface area contributed by atoms with Gasteiger partial charge in [-0.15, -0.1) is 11.8 Å². The van der Waals surface area contributed by atoms with Gasteiger partial charge in [-0.05, 0) is 30.7 Å². The molecule has 1 aromatic heterocycles. The summed E-state index contributed by atoms with van der Waals surface area (Å²) in [4.78, 5) is 5.51. The van der Waals surface area contributed by atoms with Crippen LogP contribution in [0.1, 0.15) is 13.3 Å². The van der Waals surface area contributed by atoms with Crippen LogP contribution in [-0.2, 0) is 0 Å². The van der Waals surface area contributed by atoms with Crippen molar-refractivity contribution in [1.29, 1.82) is 0 Å². The van der Waals surface area contributed by atoms with Crippen molar-refractivity contribution in [2.24, 2.45) is 0 Å². The molecule has 1 unspecified atom stereocenters. The fraction of sp³-hybridized carbons (Fsp3) is 0.308. The molecule has 0 fully saturated rings. The number of hydrogen-bond donors (Lipinski definition) is 2. The van der Waals surface area contributed by atoms with Crippen LogP contribution < -0.4 is 5.73 Å². The summed E-state index contributed by atoms with van der Waals surface area (Å²) in [6.07, 6.45) is 2.56. The molecule has 2 aromatic rings. The molecule has 1 atom stereocenters. The lowest BCUT2D eigenvalue weighted by Crippen LogP contribution is -2.00. The van der Waals surface area contributed by atoms with E-state index in [0.717, 1.165) is 27.9 Å². The smallest absolute Gasteiger partial charge is 0.0858 e. The lowest BCUT2D eigenvalue weighted by atomic mass is 10.2. The third kappa shape index (κ3) is 2.70. The van der Waals surface area contributed by atoms with Crippen molar-refractivity contribution in [2.75, 3.05) is 12.3 Å². The number of rotatable bonds is 4. The monoisotopic (exact) mass is 248 g/mol.